The molecule has 1 N–H and O–H groups in total. The molecular formula is C13H13BrClN3O. The van der Waals surface area contributed by atoms with Crippen LogP contribution in [0.1, 0.15) is 23.1 Å². The standard InChI is InChI=1S/C13H13BrClN3O/c1-3-18-12(6-8(2)17-18)13(19)16-11-5-4-9(15)7-10(11)14/h4-7H,3H2,1-2H3,(H,16,19). The van der Waals surface area contributed by atoms with Crippen molar-refractivity contribution in [2.45, 2.75) is 20.4 Å². The molecule has 0 atom stereocenters. The lowest BCUT2D eigenvalue weighted by Crippen LogP contribution is -2.17. The Bertz CT molecular complexity index is 624. The molecule has 0 radical (unpaired) electrons. The van der Waals surface area contributed by atoms with Crippen LogP contribution in [0.4, 0.5) is 5.69 Å². The van der Waals surface area contributed by atoms with Gasteiger partial charge in [-0.25, -0.2) is 0 Å². The van der Waals surface area contributed by atoms with Crippen LogP contribution in [0.3, 0.4) is 0 Å². The predicted octanol–water partition coefficient (Wildman–Crippen LogP) is 3.88. The Morgan fingerprint density at radius 3 is 2.84 bits per heavy atom. The maximum Gasteiger partial charge on any atom is 0.273 e. The topological polar surface area (TPSA) is 46.9 Å². The Hall–Kier alpha value is -1.33. The van der Waals surface area contributed by atoms with Crippen molar-refractivity contribution in [3.63, 3.8) is 0 Å². The molecule has 0 fully saturated rings. The second-order valence-corrected chi connectivity index (χ2v) is 5.36. The van der Waals surface area contributed by atoms with E-state index in [4.69, 9.17) is 11.6 Å². The average Bonchev–Trinajstić information content (AvgIpc) is 2.74. The molecule has 1 aromatic heterocycles. The molecular weight excluding hydrogens is 330 g/mol. The maximum atomic E-state index is 12.2. The van der Waals surface area contributed by atoms with Crippen LogP contribution in [0.2, 0.25) is 5.02 Å². The largest absolute Gasteiger partial charge is 0.320 e. The molecule has 6 heteroatoms. The van der Waals surface area contributed by atoms with E-state index in [0.29, 0.717) is 22.9 Å². The van der Waals surface area contributed by atoms with Gasteiger partial charge in [0.1, 0.15) is 5.69 Å². The van der Waals surface area contributed by atoms with E-state index in [0.717, 1.165) is 10.2 Å². The summed E-state index contributed by atoms with van der Waals surface area (Å²) in [5, 5.41) is 7.70. The van der Waals surface area contributed by atoms with Crippen LogP contribution in [0.5, 0.6) is 0 Å². The number of benzene rings is 1. The van der Waals surface area contributed by atoms with Gasteiger partial charge in [-0.15, -0.1) is 0 Å². The molecule has 0 aliphatic carbocycles. The SMILES string of the molecule is CCn1nc(C)cc1C(=O)Nc1ccc(Cl)cc1Br. The van der Waals surface area contributed by atoms with Gasteiger partial charge in [-0.3, -0.25) is 9.48 Å². The second-order valence-electron chi connectivity index (χ2n) is 4.07. The van der Waals surface area contributed by atoms with E-state index in [1.54, 1.807) is 28.9 Å². The number of carbonyl (C=O) groups is 1. The summed E-state index contributed by atoms with van der Waals surface area (Å²) in [6.45, 7) is 4.46. The molecule has 1 amide bonds. The van der Waals surface area contributed by atoms with Gasteiger partial charge in [-0.2, -0.15) is 5.10 Å². The van der Waals surface area contributed by atoms with Gasteiger partial charge < -0.3 is 5.32 Å². The molecule has 0 spiro atoms. The van der Waals surface area contributed by atoms with E-state index in [9.17, 15) is 4.79 Å². The van der Waals surface area contributed by atoms with E-state index in [1.807, 2.05) is 13.8 Å². The van der Waals surface area contributed by atoms with Crippen LogP contribution in [0, 0.1) is 6.92 Å². The number of nitrogens with zero attached hydrogens (tertiary/aromatic N) is 2. The normalized spacial score (nSPS) is 10.5. The molecule has 4 nitrogen and oxygen atoms in total. The highest BCUT2D eigenvalue weighted by Gasteiger charge is 2.14. The van der Waals surface area contributed by atoms with Crippen molar-refractivity contribution in [1.82, 2.24) is 9.78 Å². The monoisotopic (exact) mass is 341 g/mol. The first-order valence-corrected chi connectivity index (χ1v) is 6.99. The fourth-order valence-electron chi connectivity index (χ4n) is 1.75. The van der Waals surface area contributed by atoms with E-state index in [2.05, 4.69) is 26.3 Å². The van der Waals surface area contributed by atoms with Crippen molar-refractivity contribution >= 4 is 39.1 Å². The minimum absolute atomic E-state index is 0.189. The van der Waals surface area contributed by atoms with Gasteiger partial charge in [-0.05, 0) is 54.0 Å². The summed E-state index contributed by atoms with van der Waals surface area (Å²) in [6.07, 6.45) is 0. The van der Waals surface area contributed by atoms with Crippen molar-refractivity contribution < 1.29 is 4.79 Å². The number of anilines is 1. The summed E-state index contributed by atoms with van der Waals surface area (Å²) in [6, 6.07) is 6.98. The van der Waals surface area contributed by atoms with Gasteiger partial charge in [0, 0.05) is 16.0 Å². The minimum Gasteiger partial charge on any atom is -0.320 e. The Morgan fingerprint density at radius 2 is 2.21 bits per heavy atom. The molecule has 0 bridgehead atoms. The number of aryl methyl sites for hydroxylation is 2. The lowest BCUT2D eigenvalue weighted by molar-refractivity contribution is 0.101. The second kappa shape index (κ2) is 5.75. The molecule has 0 unspecified atom stereocenters. The molecule has 1 heterocycles. The number of halogens is 2. The third kappa shape index (κ3) is 3.16. The maximum absolute atomic E-state index is 12.2. The van der Waals surface area contributed by atoms with Gasteiger partial charge >= 0.3 is 0 Å². The quantitative estimate of drug-likeness (QED) is 0.920. The van der Waals surface area contributed by atoms with Gasteiger partial charge in [0.25, 0.3) is 5.91 Å². The molecule has 2 aromatic rings. The number of hydrogen-bond acceptors (Lipinski definition) is 2. The van der Waals surface area contributed by atoms with Crippen molar-refractivity contribution in [2.75, 3.05) is 5.32 Å². The number of carbonyl (C=O) groups excluding carboxylic acids is 1. The zero-order chi connectivity index (χ0) is 14.0. The van der Waals surface area contributed by atoms with Gasteiger partial charge in [0.2, 0.25) is 0 Å². The fourth-order valence-corrected chi connectivity index (χ4v) is 2.53. The molecule has 0 saturated carbocycles. The Morgan fingerprint density at radius 1 is 1.47 bits per heavy atom. The van der Waals surface area contributed by atoms with Crippen LogP contribution in [0.25, 0.3) is 0 Å². The lowest BCUT2D eigenvalue weighted by atomic mass is 10.3. The summed E-state index contributed by atoms with van der Waals surface area (Å²) in [5.74, 6) is -0.189. The molecule has 0 aliphatic heterocycles. The summed E-state index contributed by atoms with van der Waals surface area (Å²) < 4.78 is 2.42. The van der Waals surface area contributed by atoms with E-state index in [-0.39, 0.29) is 5.91 Å². The molecule has 0 saturated heterocycles. The van der Waals surface area contributed by atoms with E-state index in [1.165, 1.54) is 0 Å². The summed E-state index contributed by atoms with van der Waals surface area (Å²) in [4.78, 5) is 12.2. The third-order valence-corrected chi connectivity index (χ3v) is 3.50. The number of aromatic nitrogens is 2. The number of hydrogen-bond donors (Lipinski definition) is 1. The zero-order valence-electron chi connectivity index (χ0n) is 10.6. The smallest absolute Gasteiger partial charge is 0.273 e. The summed E-state index contributed by atoms with van der Waals surface area (Å²) in [5.41, 5.74) is 2.04. The van der Waals surface area contributed by atoms with Gasteiger partial charge in [0.15, 0.2) is 0 Å². The highest BCUT2D eigenvalue weighted by atomic mass is 79.9. The first-order valence-electron chi connectivity index (χ1n) is 5.82. The highest BCUT2D eigenvalue weighted by molar-refractivity contribution is 9.10. The fraction of sp³-hybridized carbons (Fsp3) is 0.231. The van der Waals surface area contributed by atoms with E-state index >= 15 is 0 Å². The number of amides is 1. The van der Waals surface area contributed by atoms with Crippen molar-refractivity contribution in [1.29, 1.82) is 0 Å². The Balaban J connectivity index is 2.25. The third-order valence-electron chi connectivity index (χ3n) is 2.61. The Kier molecular flexibility index (Phi) is 4.27. The van der Waals surface area contributed by atoms with E-state index < -0.39 is 0 Å². The highest BCUT2D eigenvalue weighted by Crippen LogP contribution is 2.26. The molecule has 100 valence electrons. The van der Waals surface area contributed by atoms with Crippen LogP contribution in [0.15, 0.2) is 28.7 Å². The van der Waals surface area contributed by atoms with Gasteiger partial charge in [0.05, 0.1) is 11.4 Å². The van der Waals surface area contributed by atoms with Crippen LogP contribution in [-0.2, 0) is 6.54 Å². The van der Waals surface area contributed by atoms with Crippen LogP contribution in [-0.4, -0.2) is 15.7 Å². The first-order chi connectivity index (χ1) is 9.01. The van der Waals surface area contributed by atoms with Crippen LogP contribution >= 0.6 is 27.5 Å². The first kappa shape index (κ1) is 14.1. The predicted molar refractivity (Wildman–Crippen MR) is 79.7 cm³/mol. The summed E-state index contributed by atoms with van der Waals surface area (Å²) >= 11 is 9.23. The lowest BCUT2D eigenvalue weighted by Gasteiger charge is -2.08. The van der Waals surface area contributed by atoms with Crippen LogP contribution < -0.4 is 5.32 Å². The molecule has 1 aromatic carbocycles. The minimum atomic E-state index is -0.189. The Labute approximate surface area is 124 Å². The zero-order valence-corrected chi connectivity index (χ0v) is 12.9. The number of nitrogens with one attached hydrogen (secondary N) is 1. The molecule has 2 rings (SSSR count). The van der Waals surface area contributed by atoms with Crippen molar-refractivity contribution in [3.05, 3.63) is 45.1 Å². The number of rotatable bonds is 3. The van der Waals surface area contributed by atoms with Crippen molar-refractivity contribution in [3.8, 4) is 0 Å². The molecule has 0 aliphatic rings. The average molecular weight is 343 g/mol. The molecule has 19 heavy (non-hydrogen) atoms. The summed E-state index contributed by atoms with van der Waals surface area (Å²) in [7, 11) is 0. The van der Waals surface area contributed by atoms with Crippen molar-refractivity contribution in [2.24, 2.45) is 0 Å². The van der Waals surface area contributed by atoms with Gasteiger partial charge in [-0.1, -0.05) is 11.6 Å².